The minimum absolute atomic E-state index is 0.0712. The van der Waals surface area contributed by atoms with E-state index in [1.54, 1.807) is 44.2 Å². The van der Waals surface area contributed by atoms with Crippen molar-refractivity contribution in [3.63, 3.8) is 0 Å². The Balaban J connectivity index is 1.70. The first kappa shape index (κ1) is 29.6. The zero-order chi connectivity index (χ0) is 28.9. The molecule has 0 unspecified atom stereocenters. The number of halogens is 1. The average Bonchev–Trinajstić information content (AvgIpc) is 3.44. The van der Waals surface area contributed by atoms with Crippen molar-refractivity contribution in [1.82, 2.24) is 10.2 Å². The number of benzene rings is 3. The number of sulfonamides is 1. The van der Waals surface area contributed by atoms with E-state index in [0.717, 1.165) is 41.1 Å². The number of rotatable bonds is 10. The fourth-order valence-electron chi connectivity index (χ4n) is 5.00. The van der Waals surface area contributed by atoms with E-state index in [0.29, 0.717) is 16.3 Å². The Bertz CT molecular complexity index is 1440. The molecule has 0 saturated heterocycles. The standard InChI is InChI=1S/C31H36ClN3O4S/c1-22-13-16-28(17-14-22)40(38,39)35(29-18-15-26(32)19-23(29)2)21-30(36)34(20-25-9-5-4-6-10-25)24(3)31(37)33-27-11-7-8-12-27/h4-6,9-10,13-19,24,27H,7-8,11-12,20-21H2,1-3H3,(H,33,37)/t24-/m0/s1. The van der Waals surface area contributed by atoms with Gasteiger partial charge in [0.1, 0.15) is 12.6 Å². The van der Waals surface area contributed by atoms with Crippen molar-refractivity contribution < 1.29 is 18.0 Å². The molecule has 3 aromatic rings. The number of hydrogen-bond acceptors (Lipinski definition) is 4. The normalized spacial score (nSPS) is 14.5. The summed E-state index contributed by atoms with van der Waals surface area (Å²) in [6, 6.07) is 20.1. The van der Waals surface area contributed by atoms with Crippen LogP contribution in [0.3, 0.4) is 0 Å². The van der Waals surface area contributed by atoms with Gasteiger partial charge in [-0.2, -0.15) is 0 Å². The summed E-state index contributed by atoms with van der Waals surface area (Å²) in [5, 5.41) is 3.54. The van der Waals surface area contributed by atoms with Crippen LogP contribution in [0.1, 0.15) is 49.3 Å². The summed E-state index contributed by atoms with van der Waals surface area (Å²) < 4.78 is 29.1. The van der Waals surface area contributed by atoms with E-state index < -0.39 is 28.5 Å². The minimum Gasteiger partial charge on any atom is -0.352 e. The first-order valence-electron chi connectivity index (χ1n) is 13.6. The number of nitrogens with zero attached hydrogens (tertiary/aromatic N) is 2. The topological polar surface area (TPSA) is 86.8 Å². The van der Waals surface area contributed by atoms with Gasteiger partial charge in [0, 0.05) is 17.6 Å². The molecule has 3 aromatic carbocycles. The fourth-order valence-corrected chi connectivity index (χ4v) is 6.71. The zero-order valence-electron chi connectivity index (χ0n) is 23.1. The maximum absolute atomic E-state index is 14.0. The number of hydrogen-bond donors (Lipinski definition) is 1. The highest BCUT2D eigenvalue weighted by Crippen LogP contribution is 2.29. The summed E-state index contributed by atoms with van der Waals surface area (Å²) in [5.74, 6) is -0.727. The maximum Gasteiger partial charge on any atom is 0.264 e. The predicted molar refractivity (Wildman–Crippen MR) is 159 cm³/mol. The van der Waals surface area contributed by atoms with Crippen molar-refractivity contribution in [2.24, 2.45) is 0 Å². The number of anilines is 1. The summed E-state index contributed by atoms with van der Waals surface area (Å²) in [6.07, 6.45) is 3.98. The maximum atomic E-state index is 14.0. The molecule has 0 spiro atoms. The van der Waals surface area contributed by atoms with Gasteiger partial charge in [0.2, 0.25) is 11.8 Å². The molecule has 1 aliphatic rings. The monoisotopic (exact) mass is 581 g/mol. The Kier molecular flexibility index (Phi) is 9.53. The molecule has 1 fully saturated rings. The van der Waals surface area contributed by atoms with E-state index in [9.17, 15) is 18.0 Å². The molecule has 0 heterocycles. The first-order valence-corrected chi connectivity index (χ1v) is 15.4. The van der Waals surface area contributed by atoms with Crippen molar-refractivity contribution in [3.05, 3.63) is 94.5 Å². The molecule has 0 bridgehead atoms. The Labute approximate surface area is 242 Å². The molecule has 7 nitrogen and oxygen atoms in total. The van der Waals surface area contributed by atoms with Crippen LogP contribution in [0, 0.1) is 13.8 Å². The summed E-state index contributed by atoms with van der Waals surface area (Å²) in [6.45, 7) is 5.00. The molecule has 1 aliphatic carbocycles. The van der Waals surface area contributed by atoms with Gasteiger partial charge >= 0.3 is 0 Å². The predicted octanol–water partition coefficient (Wildman–Crippen LogP) is 5.63. The molecule has 2 amide bonds. The van der Waals surface area contributed by atoms with Gasteiger partial charge in [-0.3, -0.25) is 13.9 Å². The lowest BCUT2D eigenvalue weighted by molar-refractivity contribution is -0.139. The Morgan fingerprint density at radius 2 is 1.62 bits per heavy atom. The van der Waals surface area contributed by atoms with Gasteiger partial charge in [-0.25, -0.2) is 8.42 Å². The van der Waals surface area contributed by atoms with E-state index in [1.807, 2.05) is 37.3 Å². The Hall–Kier alpha value is -3.36. The molecule has 1 N–H and O–H groups in total. The third-order valence-electron chi connectivity index (χ3n) is 7.38. The lowest BCUT2D eigenvalue weighted by Gasteiger charge is -2.33. The van der Waals surface area contributed by atoms with Crippen molar-refractivity contribution >= 4 is 39.1 Å². The third-order valence-corrected chi connectivity index (χ3v) is 9.39. The summed E-state index contributed by atoms with van der Waals surface area (Å²) in [7, 11) is -4.13. The SMILES string of the molecule is Cc1ccc(S(=O)(=O)N(CC(=O)N(Cc2ccccc2)[C@@H](C)C(=O)NC2CCCC2)c2ccc(Cl)cc2C)cc1. The quantitative estimate of drug-likeness (QED) is 0.336. The van der Waals surface area contributed by atoms with Crippen molar-refractivity contribution in [2.75, 3.05) is 10.8 Å². The van der Waals surface area contributed by atoms with E-state index in [2.05, 4.69) is 5.32 Å². The molecule has 1 saturated carbocycles. The van der Waals surface area contributed by atoms with Crippen LogP contribution < -0.4 is 9.62 Å². The molecule has 40 heavy (non-hydrogen) atoms. The summed E-state index contributed by atoms with van der Waals surface area (Å²) in [5.41, 5.74) is 2.71. The van der Waals surface area contributed by atoms with Crippen LogP contribution in [0.15, 0.2) is 77.7 Å². The number of nitrogens with one attached hydrogen (secondary N) is 1. The second kappa shape index (κ2) is 12.9. The second-order valence-corrected chi connectivity index (χ2v) is 12.7. The molecular weight excluding hydrogens is 546 g/mol. The van der Waals surface area contributed by atoms with E-state index >= 15 is 0 Å². The molecular formula is C31H36ClN3O4S. The van der Waals surface area contributed by atoms with Gasteiger partial charge in [-0.05, 0) is 75.1 Å². The molecule has 4 rings (SSSR count). The molecule has 0 aromatic heterocycles. The van der Waals surface area contributed by atoms with Gasteiger partial charge in [0.25, 0.3) is 10.0 Å². The van der Waals surface area contributed by atoms with E-state index in [1.165, 1.54) is 17.0 Å². The second-order valence-electron chi connectivity index (χ2n) is 10.4. The molecule has 1 atom stereocenters. The van der Waals surface area contributed by atoms with E-state index in [4.69, 9.17) is 11.6 Å². The highest BCUT2D eigenvalue weighted by atomic mass is 35.5. The Morgan fingerprint density at radius 3 is 2.25 bits per heavy atom. The highest BCUT2D eigenvalue weighted by molar-refractivity contribution is 7.92. The summed E-state index contributed by atoms with van der Waals surface area (Å²) >= 11 is 6.18. The molecule has 212 valence electrons. The van der Waals surface area contributed by atoms with Crippen LogP contribution in [0.5, 0.6) is 0 Å². The lowest BCUT2D eigenvalue weighted by Crippen LogP contribution is -2.52. The van der Waals surface area contributed by atoms with Gasteiger partial charge < -0.3 is 10.2 Å². The lowest BCUT2D eigenvalue weighted by atomic mass is 10.1. The smallest absolute Gasteiger partial charge is 0.264 e. The average molecular weight is 582 g/mol. The summed E-state index contributed by atoms with van der Waals surface area (Å²) in [4.78, 5) is 28.9. The van der Waals surface area contributed by atoms with Crippen LogP contribution in [-0.2, 0) is 26.2 Å². The van der Waals surface area contributed by atoms with E-state index in [-0.39, 0.29) is 23.4 Å². The van der Waals surface area contributed by atoms with Gasteiger partial charge in [-0.1, -0.05) is 72.5 Å². The number of carbonyl (C=O) groups is 2. The third kappa shape index (κ3) is 7.04. The number of carbonyl (C=O) groups excluding carboxylic acids is 2. The fraction of sp³-hybridized carbons (Fsp3) is 0.355. The highest BCUT2D eigenvalue weighted by Gasteiger charge is 2.33. The van der Waals surface area contributed by atoms with Gasteiger partial charge in [0.15, 0.2) is 0 Å². The van der Waals surface area contributed by atoms with Gasteiger partial charge in [-0.15, -0.1) is 0 Å². The molecule has 9 heteroatoms. The number of amides is 2. The van der Waals surface area contributed by atoms with Crippen LogP contribution in [0.2, 0.25) is 5.02 Å². The Morgan fingerprint density at radius 1 is 0.975 bits per heavy atom. The van der Waals surface area contributed by atoms with Crippen LogP contribution >= 0.6 is 11.6 Å². The van der Waals surface area contributed by atoms with Crippen molar-refractivity contribution in [3.8, 4) is 0 Å². The van der Waals surface area contributed by atoms with Crippen molar-refractivity contribution in [1.29, 1.82) is 0 Å². The van der Waals surface area contributed by atoms with Crippen LogP contribution in [-0.4, -0.2) is 43.8 Å². The molecule has 0 radical (unpaired) electrons. The van der Waals surface area contributed by atoms with Crippen molar-refractivity contribution in [2.45, 2.75) is 70.0 Å². The van der Waals surface area contributed by atoms with Gasteiger partial charge in [0.05, 0.1) is 10.6 Å². The van der Waals surface area contributed by atoms with Crippen LogP contribution in [0.4, 0.5) is 5.69 Å². The van der Waals surface area contributed by atoms with Crippen LogP contribution in [0.25, 0.3) is 0 Å². The first-order chi connectivity index (χ1) is 19.1. The zero-order valence-corrected chi connectivity index (χ0v) is 24.7. The largest absolute Gasteiger partial charge is 0.352 e. The minimum atomic E-state index is -4.13. The molecule has 0 aliphatic heterocycles. The number of aryl methyl sites for hydroxylation is 2.